The summed E-state index contributed by atoms with van der Waals surface area (Å²) in [6.45, 7) is 0. The second-order valence-electron chi connectivity index (χ2n) is 5.01. The first-order valence-corrected chi connectivity index (χ1v) is 7.68. The first kappa shape index (κ1) is 15.1. The number of halogens is 1. The zero-order chi connectivity index (χ0) is 14.5. The Hall–Kier alpha value is -1.31. The number of rotatable bonds is 3. The van der Waals surface area contributed by atoms with E-state index in [1.807, 2.05) is 24.3 Å². The van der Waals surface area contributed by atoms with Gasteiger partial charge in [0.15, 0.2) is 0 Å². The Balaban J connectivity index is 1.86. The molecule has 5 nitrogen and oxygen atoms in total. The lowest BCUT2D eigenvalue weighted by atomic mass is 9.86. The Morgan fingerprint density at radius 3 is 2.80 bits per heavy atom. The van der Waals surface area contributed by atoms with Crippen molar-refractivity contribution in [2.75, 3.05) is 5.32 Å². The van der Waals surface area contributed by atoms with Crippen LogP contribution in [0.4, 0.5) is 10.5 Å². The maximum Gasteiger partial charge on any atom is 0.319 e. The summed E-state index contributed by atoms with van der Waals surface area (Å²) in [7, 11) is 0. The molecule has 2 unspecified atom stereocenters. The van der Waals surface area contributed by atoms with Crippen molar-refractivity contribution in [3.8, 4) is 0 Å². The minimum absolute atomic E-state index is 0.0624. The zero-order valence-electron chi connectivity index (χ0n) is 10.9. The largest absolute Gasteiger partial charge is 0.481 e. The molecule has 0 aromatic heterocycles. The Labute approximate surface area is 131 Å². The van der Waals surface area contributed by atoms with Crippen LogP contribution in [0.15, 0.2) is 24.3 Å². The van der Waals surface area contributed by atoms with Gasteiger partial charge in [0.25, 0.3) is 0 Å². The van der Waals surface area contributed by atoms with Gasteiger partial charge in [-0.25, -0.2) is 4.79 Å². The SMILES string of the molecule is O=C(Nc1cccc(I)c1)NC1CCCC(C(=O)O)C1. The second-order valence-corrected chi connectivity index (χ2v) is 6.25. The van der Waals surface area contributed by atoms with E-state index in [1.54, 1.807) is 0 Å². The zero-order valence-corrected chi connectivity index (χ0v) is 13.1. The highest BCUT2D eigenvalue weighted by Gasteiger charge is 2.27. The summed E-state index contributed by atoms with van der Waals surface area (Å²) in [5, 5.41) is 14.7. The molecular weight excluding hydrogens is 371 g/mol. The standard InChI is InChI=1S/C14H17IN2O3/c15-10-4-2-6-12(8-10)17-14(20)16-11-5-1-3-9(7-11)13(18)19/h2,4,6,8-9,11H,1,3,5,7H2,(H,18,19)(H2,16,17,20). The minimum atomic E-state index is -0.769. The molecule has 1 fully saturated rings. The van der Waals surface area contributed by atoms with Crippen LogP contribution in [-0.2, 0) is 4.79 Å². The molecule has 1 aromatic carbocycles. The molecule has 108 valence electrons. The summed E-state index contributed by atoms with van der Waals surface area (Å²) in [4.78, 5) is 22.9. The molecule has 1 aliphatic carbocycles. The van der Waals surface area contributed by atoms with E-state index in [4.69, 9.17) is 5.11 Å². The lowest BCUT2D eigenvalue weighted by molar-refractivity contribution is -0.143. The van der Waals surface area contributed by atoms with Gasteiger partial charge in [0.2, 0.25) is 0 Å². The Bertz CT molecular complexity index is 507. The van der Waals surface area contributed by atoms with Gasteiger partial charge in [-0.2, -0.15) is 0 Å². The number of nitrogens with one attached hydrogen (secondary N) is 2. The van der Waals surface area contributed by atoms with Gasteiger partial charge in [-0.1, -0.05) is 12.5 Å². The highest BCUT2D eigenvalue weighted by atomic mass is 127. The number of anilines is 1. The highest BCUT2D eigenvalue weighted by Crippen LogP contribution is 2.24. The van der Waals surface area contributed by atoms with Gasteiger partial charge in [-0.05, 0) is 60.1 Å². The molecule has 0 heterocycles. The molecule has 3 N–H and O–H groups in total. The fourth-order valence-corrected chi connectivity index (χ4v) is 3.01. The van der Waals surface area contributed by atoms with Crippen LogP contribution in [0, 0.1) is 9.49 Å². The van der Waals surface area contributed by atoms with Crippen molar-refractivity contribution in [2.24, 2.45) is 5.92 Å². The van der Waals surface area contributed by atoms with Gasteiger partial charge in [-0.15, -0.1) is 0 Å². The van der Waals surface area contributed by atoms with E-state index in [2.05, 4.69) is 33.2 Å². The number of hydrogen-bond donors (Lipinski definition) is 3. The van der Waals surface area contributed by atoms with Gasteiger partial charge in [0.1, 0.15) is 0 Å². The smallest absolute Gasteiger partial charge is 0.319 e. The van der Waals surface area contributed by atoms with Crippen molar-refractivity contribution in [3.63, 3.8) is 0 Å². The third-order valence-corrected chi connectivity index (χ3v) is 4.11. The molecule has 1 aliphatic rings. The summed E-state index contributed by atoms with van der Waals surface area (Å²) in [5.74, 6) is -1.11. The molecule has 2 amide bonds. The van der Waals surface area contributed by atoms with E-state index in [9.17, 15) is 9.59 Å². The van der Waals surface area contributed by atoms with Crippen LogP contribution >= 0.6 is 22.6 Å². The highest BCUT2D eigenvalue weighted by molar-refractivity contribution is 14.1. The van der Waals surface area contributed by atoms with Crippen molar-refractivity contribution in [3.05, 3.63) is 27.8 Å². The maximum atomic E-state index is 11.9. The van der Waals surface area contributed by atoms with E-state index in [1.165, 1.54) is 0 Å². The van der Waals surface area contributed by atoms with Gasteiger partial charge < -0.3 is 15.7 Å². The number of aliphatic carboxylic acids is 1. The normalized spacial score (nSPS) is 22.1. The number of carboxylic acid groups (broad SMARTS) is 1. The summed E-state index contributed by atoms with van der Waals surface area (Å²) < 4.78 is 1.05. The molecule has 6 heteroatoms. The minimum Gasteiger partial charge on any atom is -0.481 e. The number of carbonyl (C=O) groups is 2. The van der Waals surface area contributed by atoms with Gasteiger partial charge in [0.05, 0.1) is 5.92 Å². The first-order valence-electron chi connectivity index (χ1n) is 6.60. The Kier molecular flexibility index (Phi) is 5.22. The van der Waals surface area contributed by atoms with E-state index in [-0.39, 0.29) is 18.0 Å². The summed E-state index contributed by atoms with van der Waals surface area (Å²) in [6, 6.07) is 7.18. The van der Waals surface area contributed by atoms with Crippen molar-refractivity contribution in [2.45, 2.75) is 31.7 Å². The number of hydrogen-bond acceptors (Lipinski definition) is 2. The van der Waals surface area contributed by atoms with Crippen LogP contribution in [0.25, 0.3) is 0 Å². The third kappa shape index (κ3) is 4.36. The fraction of sp³-hybridized carbons (Fsp3) is 0.429. The molecule has 0 spiro atoms. The van der Waals surface area contributed by atoms with Gasteiger partial charge in [-0.3, -0.25) is 4.79 Å². The van der Waals surface area contributed by atoms with Gasteiger partial charge >= 0.3 is 12.0 Å². The number of amides is 2. The van der Waals surface area contributed by atoms with Crippen molar-refractivity contribution in [1.82, 2.24) is 5.32 Å². The van der Waals surface area contributed by atoms with Crippen LogP contribution in [-0.4, -0.2) is 23.1 Å². The number of carbonyl (C=O) groups excluding carboxylic acids is 1. The van der Waals surface area contributed by atoms with E-state index >= 15 is 0 Å². The molecule has 0 saturated heterocycles. The average molecular weight is 388 g/mol. The fourth-order valence-electron chi connectivity index (χ4n) is 2.46. The molecule has 0 bridgehead atoms. The molecule has 20 heavy (non-hydrogen) atoms. The summed E-state index contributed by atoms with van der Waals surface area (Å²) in [6.07, 6.45) is 2.88. The van der Waals surface area contributed by atoms with Crippen molar-refractivity contribution in [1.29, 1.82) is 0 Å². The van der Waals surface area contributed by atoms with E-state index in [0.717, 1.165) is 22.1 Å². The summed E-state index contributed by atoms with van der Waals surface area (Å²) >= 11 is 2.18. The number of urea groups is 1. The van der Waals surface area contributed by atoms with Crippen LogP contribution in [0.1, 0.15) is 25.7 Å². The average Bonchev–Trinajstić information content (AvgIpc) is 2.38. The molecule has 0 radical (unpaired) electrons. The monoisotopic (exact) mass is 388 g/mol. The van der Waals surface area contributed by atoms with Gasteiger partial charge in [0, 0.05) is 15.3 Å². The van der Waals surface area contributed by atoms with Crippen molar-refractivity contribution < 1.29 is 14.7 Å². The van der Waals surface area contributed by atoms with E-state index in [0.29, 0.717) is 12.8 Å². The van der Waals surface area contributed by atoms with E-state index < -0.39 is 5.97 Å². The predicted octanol–water partition coefficient (Wildman–Crippen LogP) is 3.06. The molecule has 1 saturated carbocycles. The van der Waals surface area contributed by atoms with Crippen LogP contribution in [0.2, 0.25) is 0 Å². The Morgan fingerprint density at radius 2 is 2.10 bits per heavy atom. The van der Waals surface area contributed by atoms with Crippen molar-refractivity contribution >= 4 is 40.3 Å². The van der Waals surface area contributed by atoms with Crippen LogP contribution < -0.4 is 10.6 Å². The topological polar surface area (TPSA) is 78.4 Å². The second kappa shape index (κ2) is 6.92. The quantitative estimate of drug-likeness (QED) is 0.697. The number of carboxylic acids is 1. The first-order chi connectivity index (χ1) is 9.54. The Morgan fingerprint density at radius 1 is 1.30 bits per heavy atom. The maximum absolute atomic E-state index is 11.9. The molecule has 2 rings (SSSR count). The predicted molar refractivity (Wildman–Crippen MR) is 84.7 cm³/mol. The molecule has 2 atom stereocenters. The molecule has 1 aromatic rings. The summed E-state index contributed by atoms with van der Waals surface area (Å²) in [5.41, 5.74) is 0.736. The van der Waals surface area contributed by atoms with Crippen LogP contribution in [0.5, 0.6) is 0 Å². The third-order valence-electron chi connectivity index (χ3n) is 3.44. The molecular formula is C14H17IN2O3. The lowest BCUT2D eigenvalue weighted by Crippen LogP contribution is -2.42. The van der Waals surface area contributed by atoms with Crippen LogP contribution in [0.3, 0.4) is 0 Å². The molecule has 0 aliphatic heterocycles. The number of benzene rings is 1. The lowest BCUT2D eigenvalue weighted by Gasteiger charge is -2.27.